The van der Waals surface area contributed by atoms with Crippen molar-refractivity contribution < 1.29 is 22.7 Å². The Kier molecular flexibility index (Phi) is 5.66. The highest BCUT2D eigenvalue weighted by molar-refractivity contribution is 7.89. The van der Waals surface area contributed by atoms with Crippen molar-refractivity contribution in [3.05, 3.63) is 53.1 Å². The molecule has 3 rings (SSSR count). The van der Waals surface area contributed by atoms with Gasteiger partial charge in [0.05, 0.1) is 12.0 Å². The van der Waals surface area contributed by atoms with Gasteiger partial charge in [-0.1, -0.05) is 17.7 Å². The van der Waals surface area contributed by atoms with Crippen LogP contribution >= 0.6 is 0 Å². The highest BCUT2D eigenvalue weighted by Gasteiger charge is 2.44. The highest BCUT2D eigenvalue weighted by atomic mass is 32.2. The fraction of sp³-hybridized carbons (Fsp3) is 0.333. The van der Waals surface area contributed by atoms with E-state index in [0.29, 0.717) is 21.3 Å². The number of hydrogen-bond donors (Lipinski definition) is 1. The van der Waals surface area contributed by atoms with Crippen molar-refractivity contribution in [2.45, 2.75) is 44.6 Å². The molecule has 0 spiro atoms. The Balaban J connectivity index is 1.91. The van der Waals surface area contributed by atoms with Crippen LogP contribution in [0.5, 0.6) is 5.75 Å². The molecule has 1 aliphatic rings. The lowest BCUT2D eigenvalue weighted by Crippen LogP contribution is -2.45. The van der Waals surface area contributed by atoms with Gasteiger partial charge >= 0.3 is 0 Å². The second-order valence-corrected chi connectivity index (χ2v) is 9.00. The zero-order chi connectivity index (χ0) is 21.3. The van der Waals surface area contributed by atoms with E-state index in [-0.39, 0.29) is 17.7 Å². The first-order valence-electron chi connectivity index (χ1n) is 9.25. The molecule has 0 aliphatic carbocycles. The third-order valence-corrected chi connectivity index (χ3v) is 6.85. The van der Waals surface area contributed by atoms with Crippen LogP contribution in [0.3, 0.4) is 0 Å². The average Bonchev–Trinajstić information content (AvgIpc) is 3.06. The first-order chi connectivity index (χ1) is 13.6. The van der Waals surface area contributed by atoms with E-state index in [4.69, 9.17) is 4.74 Å². The summed E-state index contributed by atoms with van der Waals surface area (Å²) >= 11 is 0. The van der Waals surface area contributed by atoms with Crippen molar-refractivity contribution in [1.82, 2.24) is 4.31 Å². The number of rotatable bonds is 5. The molecule has 2 aromatic rings. The number of carbonyl (C=O) groups excluding carboxylic acids is 2. The van der Waals surface area contributed by atoms with Crippen LogP contribution in [0.2, 0.25) is 0 Å². The number of carbonyl (C=O) groups is 2. The fourth-order valence-corrected chi connectivity index (χ4v) is 5.18. The van der Waals surface area contributed by atoms with Crippen molar-refractivity contribution in [2.75, 3.05) is 12.4 Å². The molecule has 8 heteroatoms. The minimum absolute atomic E-state index is 0.000661. The van der Waals surface area contributed by atoms with E-state index in [2.05, 4.69) is 5.32 Å². The Bertz CT molecular complexity index is 1080. The number of nitrogens with zero attached hydrogens (tertiary/aromatic N) is 1. The third-order valence-electron chi connectivity index (χ3n) is 5.03. The number of anilines is 1. The maximum Gasteiger partial charge on any atom is 0.267 e. The number of aryl methyl sites for hydroxylation is 3. The molecule has 29 heavy (non-hydrogen) atoms. The molecule has 1 fully saturated rings. The summed E-state index contributed by atoms with van der Waals surface area (Å²) in [6, 6.07) is 8.82. The van der Waals surface area contributed by atoms with Gasteiger partial charge in [0.2, 0.25) is 11.8 Å². The number of nitrogens with one attached hydrogen (secondary N) is 1. The molecule has 1 saturated heterocycles. The van der Waals surface area contributed by atoms with Crippen molar-refractivity contribution in [2.24, 2.45) is 0 Å². The minimum atomic E-state index is -4.17. The molecule has 1 heterocycles. The number of sulfonamides is 1. The summed E-state index contributed by atoms with van der Waals surface area (Å²) < 4.78 is 32.2. The van der Waals surface area contributed by atoms with Gasteiger partial charge in [0.15, 0.2) is 0 Å². The Morgan fingerprint density at radius 1 is 1.10 bits per heavy atom. The van der Waals surface area contributed by atoms with E-state index in [1.54, 1.807) is 13.0 Å². The maximum atomic E-state index is 13.2. The normalized spacial score (nSPS) is 16.8. The zero-order valence-corrected chi connectivity index (χ0v) is 17.7. The molecule has 0 bridgehead atoms. The molecule has 1 aliphatic heterocycles. The monoisotopic (exact) mass is 416 g/mol. The number of amides is 2. The molecule has 7 nitrogen and oxygen atoms in total. The molecule has 0 saturated carbocycles. The summed E-state index contributed by atoms with van der Waals surface area (Å²) in [4.78, 5) is 25.2. The van der Waals surface area contributed by atoms with Crippen molar-refractivity contribution in [3.8, 4) is 5.75 Å². The van der Waals surface area contributed by atoms with Crippen LogP contribution in [0.1, 0.15) is 29.5 Å². The number of benzene rings is 2. The summed E-state index contributed by atoms with van der Waals surface area (Å²) in [5.74, 6) is -0.559. The van der Waals surface area contributed by atoms with Gasteiger partial charge in [0.25, 0.3) is 10.0 Å². The quantitative estimate of drug-likeness (QED) is 0.809. The van der Waals surface area contributed by atoms with Gasteiger partial charge in [0.1, 0.15) is 11.8 Å². The molecule has 1 atom stereocenters. The zero-order valence-electron chi connectivity index (χ0n) is 16.9. The minimum Gasteiger partial charge on any atom is -0.496 e. The van der Waals surface area contributed by atoms with Gasteiger partial charge in [-0.15, -0.1) is 0 Å². The predicted octanol–water partition coefficient (Wildman–Crippen LogP) is 2.94. The molecule has 2 aromatic carbocycles. The standard InChI is InChI=1S/C21H24N2O5S/c1-13-5-7-17(14(2)11-13)22-21(25)18-8-10-20(24)23(18)29(26,27)16-6-9-19(28-4)15(3)12-16/h5-7,9,11-12,18H,8,10H2,1-4H3,(H,22,25)/t18-/m0/s1. The SMILES string of the molecule is COc1ccc(S(=O)(=O)N2C(=O)CC[C@H]2C(=O)Nc2ccc(C)cc2C)cc1C. The molecular formula is C21H24N2O5S. The van der Waals surface area contributed by atoms with Crippen LogP contribution in [-0.4, -0.2) is 37.7 Å². The number of methoxy groups -OCH3 is 1. The predicted molar refractivity (Wildman–Crippen MR) is 109 cm³/mol. The molecule has 0 unspecified atom stereocenters. The molecule has 0 radical (unpaired) electrons. The number of ether oxygens (including phenoxy) is 1. The van der Waals surface area contributed by atoms with E-state index in [9.17, 15) is 18.0 Å². The summed E-state index contributed by atoms with van der Waals surface area (Å²) in [7, 11) is -2.68. The Morgan fingerprint density at radius 2 is 1.83 bits per heavy atom. The lowest BCUT2D eigenvalue weighted by molar-refractivity contribution is -0.128. The summed E-state index contributed by atoms with van der Waals surface area (Å²) in [5, 5.41) is 2.77. The molecule has 0 aromatic heterocycles. The van der Waals surface area contributed by atoms with E-state index in [1.165, 1.54) is 25.3 Å². The van der Waals surface area contributed by atoms with Gasteiger partial charge in [-0.2, -0.15) is 0 Å². The second-order valence-electron chi connectivity index (χ2n) is 7.19. The third kappa shape index (κ3) is 3.98. The van der Waals surface area contributed by atoms with Crippen LogP contribution in [0.15, 0.2) is 41.3 Å². The summed E-state index contributed by atoms with van der Waals surface area (Å²) in [5.41, 5.74) is 3.13. The van der Waals surface area contributed by atoms with Crippen molar-refractivity contribution in [1.29, 1.82) is 0 Å². The first kappa shape index (κ1) is 20.9. The second kappa shape index (κ2) is 7.87. The highest BCUT2D eigenvalue weighted by Crippen LogP contribution is 2.30. The first-order valence-corrected chi connectivity index (χ1v) is 10.7. The largest absolute Gasteiger partial charge is 0.496 e. The fourth-order valence-electron chi connectivity index (χ4n) is 3.50. The lowest BCUT2D eigenvalue weighted by Gasteiger charge is -2.24. The average molecular weight is 416 g/mol. The Labute approximate surface area is 170 Å². The number of hydrogen-bond acceptors (Lipinski definition) is 5. The van der Waals surface area contributed by atoms with Crippen LogP contribution in [0, 0.1) is 20.8 Å². The molecular weight excluding hydrogens is 392 g/mol. The van der Waals surface area contributed by atoms with Crippen molar-refractivity contribution in [3.63, 3.8) is 0 Å². The molecule has 154 valence electrons. The van der Waals surface area contributed by atoms with Crippen LogP contribution in [0.4, 0.5) is 5.69 Å². The van der Waals surface area contributed by atoms with Gasteiger partial charge in [-0.3, -0.25) is 9.59 Å². The molecule has 2 amide bonds. The Hall–Kier alpha value is -2.87. The smallest absolute Gasteiger partial charge is 0.267 e. The van der Waals surface area contributed by atoms with Gasteiger partial charge in [-0.25, -0.2) is 12.7 Å². The van der Waals surface area contributed by atoms with E-state index < -0.39 is 27.9 Å². The van der Waals surface area contributed by atoms with Crippen LogP contribution < -0.4 is 10.1 Å². The Morgan fingerprint density at radius 3 is 2.45 bits per heavy atom. The maximum absolute atomic E-state index is 13.2. The lowest BCUT2D eigenvalue weighted by atomic mass is 10.1. The van der Waals surface area contributed by atoms with Crippen LogP contribution in [0.25, 0.3) is 0 Å². The topological polar surface area (TPSA) is 92.8 Å². The van der Waals surface area contributed by atoms with Gasteiger partial charge < -0.3 is 10.1 Å². The van der Waals surface area contributed by atoms with Crippen molar-refractivity contribution >= 4 is 27.5 Å². The van der Waals surface area contributed by atoms with Crippen LogP contribution in [-0.2, 0) is 19.6 Å². The van der Waals surface area contributed by atoms with E-state index in [1.807, 2.05) is 26.0 Å². The summed E-state index contributed by atoms with van der Waals surface area (Å²) in [6.07, 6.45) is 0.142. The van der Waals surface area contributed by atoms with Gasteiger partial charge in [0, 0.05) is 12.1 Å². The van der Waals surface area contributed by atoms with Gasteiger partial charge in [-0.05, 0) is 62.6 Å². The molecule has 1 N–H and O–H groups in total. The van der Waals surface area contributed by atoms with E-state index >= 15 is 0 Å². The summed E-state index contributed by atoms with van der Waals surface area (Å²) in [6.45, 7) is 5.52. The van der Waals surface area contributed by atoms with E-state index in [0.717, 1.165) is 11.1 Å².